The van der Waals surface area contributed by atoms with Gasteiger partial charge in [0.2, 0.25) is 0 Å². The molecule has 0 aromatic rings. The lowest BCUT2D eigenvalue weighted by Gasteiger charge is -1.98. The van der Waals surface area contributed by atoms with Crippen LogP contribution in [-0.4, -0.2) is 17.4 Å². The van der Waals surface area contributed by atoms with Gasteiger partial charge in [-0.3, -0.25) is 0 Å². The van der Waals surface area contributed by atoms with Gasteiger partial charge in [0.15, 0.2) is 5.05 Å². The van der Waals surface area contributed by atoms with Crippen molar-refractivity contribution >= 4 is 29.9 Å². The van der Waals surface area contributed by atoms with Gasteiger partial charge in [0.05, 0.1) is 6.61 Å². The lowest BCUT2D eigenvalue weighted by Crippen LogP contribution is -1.98. The third kappa shape index (κ3) is 6.24. The van der Waals surface area contributed by atoms with E-state index in [1.165, 1.54) is 0 Å². The summed E-state index contributed by atoms with van der Waals surface area (Å²) in [4.78, 5) is 0. The first-order valence-corrected chi connectivity index (χ1v) is 3.55. The van der Waals surface area contributed by atoms with E-state index >= 15 is 0 Å². The van der Waals surface area contributed by atoms with Crippen LogP contribution >= 0.6 is 24.8 Å². The lowest BCUT2D eigenvalue weighted by molar-refractivity contribution is 0.312. The van der Waals surface area contributed by atoms with Crippen molar-refractivity contribution in [3.05, 3.63) is 0 Å². The molecule has 0 unspecified atom stereocenters. The number of ether oxygens (including phenoxy) is 1. The minimum atomic E-state index is 0.617. The van der Waals surface area contributed by atoms with Crippen LogP contribution in [0, 0.1) is 0 Å². The van der Waals surface area contributed by atoms with E-state index in [1.807, 2.05) is 0 Å². The largest absolute Gasteiger partial charge is 0.487 e. The van der Waals surface area contributed by atoms with E-state index in [0.29, 0.717) is 11.7 Å². The highest BCUT2D eigenvalue weighted by Crippen LogP contribution is 1.86. The topological polar surface area (TPSA) is 9.23 Å². The van der Waals surface area contributed by atoms with Crippen molar-refractivity contribution in [2.24, 2.45) is 0 Å². The average Bonchev–Trinajstić information content (AvgIpc) is 1.66. The number of hydrogen-bond donors (Lipinski definition) is 1. The van der Waals surface area contributed by atoms with Crippen LogP contribution in [0.25, 0.3) is 0 Å². The first-order chi connectivity index (χ1) is 3.77. The van der Waals surface area contributed by atoms with Gasteiger partial charge in [-0.25, -0.2) is 0 Å². The standard InChI is InChI=1S/C5H10OS2/c1-5(8)6-3-2-4-7/h7H,2-4H2,1H3. The molecule has 0 rings (SSSR count). The molecule has 0 aromatic carbocycles. The molecule has 0 fully saturated rings. The Balaban J connectivity index is 2.82. The minimum absolute atomic E-state index is 0.617. The molecule has 0 bridgehead atoms. The summed E-state index contributed by atoms with van der Waals surface area (Å²) in [6.45, 7) is 2.48. The predicted molar refractivity (Wildman–Crippen MR) is 42.7 cm³/mol. The molecule has 48 valence electrons. The van der Waals surface area contributed by atoms with E-state index in [9.17, 15) is 0 Å². The third-order valence-electron chi connectivity index (χ3n) is 0.608. The highest BCUT2D eigenvalue weighted by atomic mass is 32.1. The highest BCUT2D eigenvalue weighted by Gasteiger charge is 1.84. The van der Waals surface area contributed by atoms with Crippen LogP contribution < -0.4 is 0 Å². The zero-order chi connectivity index (χ0) is 6.41. The molecule has 0 spiro atoms. The molecule has 0 radical (unpaired) electrons. The predicted octanol–water partition coefficient (Wildman–Crippen LogP) is 1.67. The van der Waals surface area contributed by atoms with Crippen LogP contribution in [0.15, 0.2) is 0 Å². The molecule has 0 N–H and O–H groups in total. The van der Waals surface area contributed by atoms with Gasteiger partial charge in [0.25, 0.3) is 0 Å². The van der Waals surface area contributed by atoms with Crippen LogP contribution in [0.5, 0.6) is 0 Å². The Labute approximate surface area is 60.8 Å². The fraction of sp³-hybridized carbons (Fsp3) is 0.800. The Bertz CT molecular complexity index is 72.8. The Morgan fingerprint density at radius 2 is 2.38 bits per heavy atom. The SMILES string of the molecule is CC(=S)OCCCS. The van der Waals surface area contributed by atoms with Crippen LogP contribution in [0.4, 0.5) is 0 Å². The normalized spacial score (nSPS) is 8.75. The van der Waals surface area contributed by atoms with Crippen LogP contribution in [-0.2, 0) is 4.74 Å². The fourth-order valence-electron chi connectivity index (χ4n) is 0.280. The third-order valence-corrected chi connectivity index (χ3v) is 1.04. The Kier molecular flexibility index (Phi) is 5.54. The van der Waals surface area contributed by atoms with Gasteiger partial charge in [-0.1, -0.05) is 0 Å². The maximum Gasteiger partial charge on any atom is 0.156 e. The molecule has 0 saturated heterocycles. The van der Waals surface area contributed by atoms with E-state index in [0.717, 1.165) is 12.2 Å². The van der Waals surface area contributed by atoms with Crippen molar-refractivity contribution < 1.29 is 4.74 Å². The molecule has 0 aromatic heterocycles. The van der Waals surface area contributed by atoms with Gasteiger partial charge in [0.1, 0.15) is 0 Å². The van der Waals surface area contributed by atoms with Gasteiger partial charge in [-0.15, -0.1) is 0 Å². The van der Waals surface area contributed by atoms with E-state index in [-0.39, 0.29) is 0 Å². The molecule has 3 heteroatoms. The first-order valence-electron chi connectivity index (χ1n) is 2.51. The summed E-state index contributed by atoms with van der Waals surface area (Å²) >= 11 is 8.66. The quantitative estimate of drug-likeness (QED) is 0.372. The molecule has 0 saturated carbocycles. The Morgan fingerprint density at radius 1 is 1.75 bits per heavy atom. The molecule has 0 heterocycles. The summed E-state index contributed by atoms with van der Waals surface area (Å²) in [5.41, 5.74) is 0. The van der Waals surface area contributed by atoms with Crippen molar-refractivity contribution in [3.63, 3.8) is 0 Å². The maximum absolute atomic E-state index is 4.96. The van der Waals surface area contributed by atoms with Crippen LogP contribution in [0.3, 0.4) is 0 Å². The van der Waals surface area contributed by atoms with E-state index in [1.54, 1.807) is 6.92 Å². The first kappa shape index (κ1) is 8.24. The summed E-state index contributed by atoms with van der Waals surface area (Å²) < 4.78 is 4.96. The zero-order valence-corrected chi connectivity index (χ0v) is 6.60. The molecule has 0 atom stereocenters. The zero-order valence-electron chi connectivity index (χ0n) is 4.89. The number of thiol groups is 1. The van der Waals surface area contributed by atoms with Gasteiger partial charge < -0.3 is 4.74 Å². The lowest BCUT2D eigenvalue weighted by atomic mass is 10.5. The second-order valence-electron chi connectivity index (χ2n) is 1.42. The van der Waals surface area contributed by atoms with Crippen molar-refractivity contribution in [3.8, 4) is 0 Å². The van der Waals surface area contributed by atoms with Crippen molar-refractivity contribution in [2.75, 3.05) is 12.4 Å². The summed E-state index contributed by atoms with van der Waals surface area (Å²) in [6, 6.07) is 0. The van der Waals surface area contributed by atoms with Gasteiger partial charge in [-0.2, -0.15) is 12.6 Å². The summed E-state index contributed by atoms with van der Waals surface area (Å²) in [5, 5.41) is 0.617. The highest BCUT2D eigenvalue weighted by molar-refractivity contribution is 7.80. The molecular weight excluding hydrogens is 140 g/mol. The smallest absolute Gasteiger partial charge is 0.156 e. The maximum atomic E-state index is 4.96. The van der Waals surface area contributed by atoms with Gasteiger partial charge in [0, 0.05) is 6.92 Å². The average molecular weight is 150 g/mol. The van der Waals surface area contributed by atoms with E-state index in [4.69, 9.17) is 4.74 Å². The van der Waals surface area contributed by atoms with E-state index < -0.39 is 0 Å². The monoisotopic (exact) mass is 150 g/mol. The number of hydrogen-bond acceptors (Lipinski definition) is 3. The Morgan fingerprint density at radius 3 is 2.75 bits per heavy atom. The minimum Gasteiger partial charge on any atom is -0.487 e. The molecule has 8 heavy (non-hydrogen) atoms. The molecule has 0 aliphatic heterocycles. The van der Waals surface area contributed by atoms with Crippen molar-refractivity contribution in [2.45, 2.75) is 13.3 Å². The molecular formula is C5H10OS2. The molecule has 0 aliphatic rings. The van der Waals surface area contributed by atoms with Crippen LogP contribution in [0.2, 0.25) is 0 Å². The summed E-state index contributed by atoms with van der Waals surface area (Å²) in [7, 11) is 0. The second kappa shape index (κ2) is 5.38. The van der Waals surface area contributed by atoms with Gasteiger partial charge in [-0.05, 0) is 24.4 Å². The molecule has 1 nitrogen and oxygen atoms in total. The summed E-state index contributed by atoms with van der Waals surface area (Å²) in [5.74, 6) is 0.864. The van der Waals surface area contributed by atoms with Crippen LogP contribution in [0.1, 0.15) is 13.3 Å². The number of thiocarbonyl (C=S) groups is 1. The van der Waals surface area contributed by atoms with Gasteiger partial charge >= 0.3 is 0 Å². The van der Waals surface area contributed by atoms with Crippen molar-refractivity contribution in [1.29, 1.82) is 0 Å². The fourth-order valence-corrected chi connectivity index (χ4v) is 0.493. The number of rotatable bonds is 3. The van der Waals surface area contributed by atoms with Crippen molar-refractivity contribution in [1.82, 2.24) is 0 Å². The molecule has 0 aliphatic carbocycles. The van der Waals surface area contributed by atoms with E-state index in [2.05, 4.69) is 24.8 Å². The molecule has 0 amide bonds. The second-order valence-corrected chi connectivity index (χ2v) is 2.44. The summed E-state index contributed by atoms with van der Waals surface area (Å²) in [6.07, 6.45) is 0.969. The Hall–Kier alpha value is 0.240.